The van der Waals surface area contributed by atoms with Crippen LogP contribution in [0.15, 0.2) is 42.5 Å². The van der Waals surface area contributed by atoms with Gasteiger partial charge in [0, 0.05) is 44.3 Å². The maximum Gasteiger partial charge on any atom is 0.343 e. The largest absolute Gasteiger partial charge is 0.493 e. The second-order valence-corrected chi connectivity index (χ2v) is 7.47. The lowest BCUT2D eigenvalue weighted by molar-refractivity contribution is 0.0726. The topological polar surface area (TPSA) is 51.2 Å². The van der Waals surface area contributed by atoms with Gasteiger partial charge in [-0.1, -0.05) is 18.2 Å². The molecule has 2 aromatic rings. The summed E-state index contributed by atoms with van der Waals surface area (Å²) in [5.41, 5.74) is 1.43. The van der Waals surface area contributed by atoms with Crippen molar-refractivity contribution in [1.82, 2.24) is 9.80 Å². The number of halogens is 2. The monoisotopic (exact) mass is 470 g/mol. The predicted molar refractivity (Wildman–Crippen MR) is 127 cm³/mol. The Bertz CT molecular complexity index is 840. The van der Waals surface area contributed by atoms with Crippen molar-refractivity contribution < 1.29 is 19.0 Å². The Balaban J connectivity index is 0.00000240. The molecule has 1 heterocycles. The summed E-state index contributed by atoms with van der Waals surface area (Å²) in [4.78, 5) is 17.6. The number of esters is 1. The lowest BCUT2D eigenvalue weighted by atomic mass is 10.1. The predicted octanol–water partition coefficient (Wildman–Crippen LogP) is 4.29. The minimum absolute atomic E-state index is 0. The molecule has 0 radical (unpaired) electrons. The summed E-state index contributed by atoms with van der Waals surface area (Å²) in [5, 5.41) is 0. The number of ether oxygens (including phenoxy) is 3. The van der Waals surface area contributed by atoms with Gasteiger partial charge >= 0.3 is 5.97 Å². The molecule has 0 bridgehead atoms. The molecule has 1 aliphatic rings. The van der Waals surface area contributed by atoms with Crippen molar-refractivity contribution in [1.29, 1.82) is 0 Å². The third-order valence-corrected chi connectivity index (χ3v) is 5.33. The molecule has 0 amide bonds. The molecule has 2 aromatic carbocycles. The normalized spacial score (nSPS) is 14.4. The first kappa shape index (κ1) is 27.0. The maximum absolute atomic E-state index is 12.7. The van der Waals surface area contributed by atoms with E-state index in [-0.39, 0.29) is 24.8 Å². The van der Waals surface area contributed by atoms with Crippen LogP contribution >= 0.6 is 24.8 Å². The van der Waals surface area contributed by atoms with Crippen LogP contribution in [-0.4, -0.2) is 62.2 Å². The van der Waals surface area contributed by atoms with Gasteiger partial charge in [-0.15, -0.1) is 24.8 Å². The number of hydrogen-bond acceptors (Lipinski definition) is 6. The Morgan fingerprint density at radius 3 is 2.16 bits per heavy atom. The van der Waals surface area contributed by atoms with E-state index in [1.807, 2.05) is 24.3 Å². The van der Waals surface area contributed by atoms with Crippen LogP contribution in [0, 0.1) is 0 Å². The first-order chi connectivity index (χ1) is 14.0. The highest BCUT2D eigenvalue weighted by Gasteiger charge is 2.20. The van der Waals surface area contributed by atoms with Crippen molar-refractivity contribution in [3.05, 3.63) is 53.6 Å². The molecule has 0 spiro atoms. The van der Waals surface area contributed by atoms with Gasteiger partial charge in [0.05, 0.1) is 19.8 Å². The van der Waals surface area contributed by atoms with Crippen LogP contribution < -0.4 is 14.2 Å². The molecule has 0 saturated carbocycles. The SMILES string of the molecule is COc1ccc(C(=O)Oc2ccccc2CN2CCN(C(C)C)CC2)cc1OC.Cl.Cl. The van der Waals surface area contributed by atoms with E-state index in [1.165, 1.54) is 0 Å². The summed E-state index contributed by atoms with van der Waals surface area (Å²) in [5.74, 6) is 1.25. The number of benzene rings is 2. The summed E-state index contributed by atoms with van der Waals surface area (Å²) >= 11 is 0. The fourth-order valence-corrected chi connectivity index (χ4v) is 3.53. The summed E-state index contributed by atoms with van der Waals surface area (Å²) in [6, 6.07) is 13.3. The molecule has 0 unspecified atom stereocenters. The smallest absolute Gasteiger partial charge is 0.343 e. The average Bonchev–Trinajstić information content (AvgIpc) is 2.74. The summed E-state index contributed by atoms with van der Waals surface area (Å²) < 4.78 is 16.2. The number of nitrogens with zero attached hydrogens (tertiary/aromatic N) is 2. The zero-order chi connectivity index (χ0) is 20.8. The molecule has 31 heavy (non-hydrogen) atoms. The van der Waals surface area contributed by atoms with Crippen molar-refractivity contribution in [2.75, 3.05) is 40.4 Å². The molecule has 0 N–H and O–H groups in total. The van der Waals surface area contributed by atoms with Crippen molar-refractivity contribution in [2.45, 2.75) is 26.4 Å². The average molecular weight is 471 g/mol. The maximum atomic E-state index is 12.7. The van der Waals surface area contributed by atoms with E-state index in [2.05, 4.69) is 23.6 Å². The highest BCUT2D eigenvalue weighted by atomic mass is 35.5. The van der Waals surface area contributed by atoms with Gasteiger partial charge in [-0.25, -0.2) is 4.79 Å². The second kappa shape index (κ2) is 12.8. The van der Waals surface area contributed by atoms with Gasteiger partial charge in [0.25, 0.3) is 0 Å². The molecule has 8 heteroatoms. The first-order valence-corrected chi connectivity index (χ1v) is 10.0. The molecular weight excluding hydrogens is 439 g/mol. The summed E-state index contributed by atoms with van der Waals surface area (Å²) in [6.07, 6.45) is 0. The number of methoxy groups -OCH3 is 2. The molecule has 0 aromatic heterocycles. The van der Waals surface area contributed by atoms with Crippen LogP contribution in [0.1, 0.15) is 29.8 Å². The first-order valence-electron chi connectivity index (χ1n) is 10.0. The molecule has 0 aliphatic carbocycles. The van der Waals surface area contributed by atoms with E-state index in [0.717, 1.165) is 38.3 Å². The van der Waals surface area contributed by atoms with Gasteiger partial charge < -0.3 is 14.2 Å². The van der Waals surface area contributed by atoms with Crippen LogP contribution in [0.2, 0.25) is 0 Å². The lowest BCUT2D eigenvalue weighted by Gasteiger charge is -2.37. The van der Waals surface area contributed by atoms with Gasteiger partial charge in [-0.3, -0.25) is 9.80 Å². The highest BCUT2D eigenvalue weighted by Crippen LogP contribution is 2.29. The Morgan fingerprint density at radius 1 is 0.903 bits per heavy atom. The van der Waals surface area contributed by atoms with Gasteiger partial charge in [0.2, 0.25) is 0 Å². The van der Waals surface area contributed by atoms with Crippen molar-refractivity contribution >= 4 is 30.8 Å². The van der Waals surface area contributed by atoms with Gasteiger partial charge in [-0.05, 0) is 38.1 Å². The molecule has 1 saturated heterocycles. The number of carbonyl (C=O) groups excluding carboxylic acids is 1. The highest BCUT2D eigenvalue weighted by molar-refractivity contribution is 5.92. The quantitative estimate of drug-likeness (QED) is 0.444. The second-order valence-electron chi connectivity index (χ2n) is 7.47. The molecule has 1 aliphatic heterocycles. The van der Waals surface area contributed by atoms with Crippen molar-refractivity contribution in [3.8, 4) is 17.2 Å². The van der Waals surface area contributed by atoms with Gasteiger partial charge in [-0.2, -0.15) is 0 Å². The zero-order valence-corrected chi connectivity index (χ0v) is 20.1. The molecule has 3 rings (SSSR count). The van der Waals surface area contributed by atoms with E-state index >= 15 is 0 Å². The Hall–Kier alpha value is -1.99. The number of rotatable bonds is 7. The minimum atomic E-state index is -0.414. The van der Waals surface area contributed by atoms with E-state index in [1.54, 1.807) is 32.4 Å². The van der Waals surface area contributed by atoms with Crippen LogP contribution in [0.25, 0.3) is 0 Å². The van der Waals surface area contributed by atoms with Gasteiger partial charge in [0.1, 0.15) is 5.75 Å². The molecule has 0 atom stereocenters. The van der Waals surface area contributed by atoms with Crippen molar-refractivity contribution in [3.63, 3.8) is 0 Å². The molecule has 1 fully saturated rings. The number of piperazine rings is 1. The molecule has 6 nitrogen and oxygen atoms in total. The van der Waals surface area contributed by atoms with E-state index in [4.69, 9.17) is 14.2 Å². The lowest BCUT2D eigenvalue weighted by Crippen LogP contribution is -2.48. The van der Waals surface area contributed by atoms with E-state index < -0.39 is 5.97 Å². The Kier molecular flexibility index (Phi) is 11.1. The van der Waals surface area contributed by atoms with Crippen LogP contribution in [0.4, 0.5) is 0 Å². The van der Waals surface area contributed by atoms with Gasteiger partial charge in [0.15, 0.2) is 11.5 Å². The van der Waals surface area contributed by atoms with Crippen LogP contribution in [0.3, 0.4) is 0 Å². The summed E-state index contributed by atoms with van der Waals surface area (Å²) in [6.45, 7) is 9.38. The van der Waals surface area contributed by atoms with E-state index in [9.17, 15) is 4.79 Å². The molecular formula is C23H32Cl2N2O4. The Labute approximate surface area is 197 Å². The number of hydrogen-bond donors (Lipinski definition) is 0. The standard InChI is InChI=1S/C23H30N2O4.2ClH/c1-17(2)25-13-11-24(12-14-25)16-19-7-5-6-8-20(19)29-23(26)18-9-10-21(27-3)22(15-18)28-4;;/h5-10,15,17H,11-14,16H2,1-4H3;2*1H. The third-order valence-electron chi connectivity index (χ3n) is 5.33. The summed E-state index contributed by atoms with van der Waals surface area (Å²) in [7, 11) is 3.11. The number of carbonyl (C=O) groups is 1. The van der Waals surface area contributed by atoms with E-state index in [0.29, 0.717) is 28.9 Å². The minimum Gasteiger partial charge on any atom is -0.493 e. The van der Waals surface area contributed by atoms with Crippen LogP contribution in [-0.2, 0) is 6.54 Å². The van der Waals surface area contributed by atoms with Crippen LogP contribution in [0.5, 0.6) is 17.2 Å². The Morgan fingerprint density at radius 2 is 1.55 bits per heavy atom. The number of para-hydroxylation sites is 1. The third kappa shape index (κ3) is 7.01. The fraction of sp³-hybridized carbons (Fsp3) is 0.435. The fourth-order valence-electron chi connectivity index (χ4n) is 3.53. The zero-order valence-electron chi connectivity index (χ0n) is 18.5. The molecule has 172 valence electrons. The van der Waals surface area contributed by atoms with Crippen molar-refractivity contribution in [2.24, 2.45) is 0 Å².